The van der Waals surface area contributed by atoms with Crippen LogP contribution in [0.15, 0.2) is 46.9 Å². The number of cyclic esters (lactones) is 1. The SMILES string of the molecule is CS/C(=C\C=C\c1ccnc(C)c1)C1=C(O)C(=O)O1. The second-order valence-corrected chi connectivity index (χ2v) is 4.74. The Balaban J connectivity index is 2.15. The molecule has 19 heavy (non-hydrogen) atoms. The highest BCUT2D eigenvalue weighted by molar-refractivity contribution is 8.02. The highest BCUT2D eigenvalue weighted by Gasteiger charge is 2.31. The molecule has 2 heterocycles. The number of carbonyl (C=O) groups excluding carboxylic acids is 1. The van der Waals surface area contributed by atoms with Gasteiger partial charge in [0.2, 0.25) is 5.76 Å². The van der Waals surface area contributed by atoms with Gasteiger partial charge in [0.05, 0.1) is 4.91 Å². The Bertz CT molecular complexity index is 602. The predicted octanol–water partition coefficient (Wildman–Crippen LogP) is 2.98. The third-order valence-corrected chi connectivity index (χ3v) is 3.27. The summed E-state index contributed by atoms with van der Waals surface area (Å²) in [4.78, 5) is 15.6. The number of hydrogen-bond donors (Lipinski definition) is 1. The standard InChI is InChI=1S/C14H13NO3S/c1-9-8-10(6-7-15-9)4-3-5-11(19-2)13-12(16)14(17)18-13/h3-8,16H,1-2H3/b4-3+,11-5-. The zero-order valence-corrected chi connectivity index (χ0v) is 11.4. The first-order chi connectivity index (χ1) is 9.11. The van der Waals surface area contributed by atoms with Crippen LogP contribution in [0.1, 0.15) is 11.3 Å². The fourth-order valence-corrected chi connectivity index (χ4v) is 2.10. The van der Waals surface area contributed by atoms with Crippen LogP contribution in [0.25, 0.3) is 6.08 Å². The van der Waals surface area contributed by atoms with Gasteiger partial charge in [-0.05, 0) is 37.0 Å². The second kappa shape index (κ2) is 5.75. The number of rotatable bonds is 4. The molecule has 0 fully saturated rings. The highest BCUT2D eigenvalue weighted by atomic mass is 32.2. The van der Waals surface area contributed by atoms with Gasteiger partial charge in [-0.15, -0.1) is 11.8 Å². The number of ether oxygens (including phenoxy) is 1. The van der Waals surface area contributed by atoms with Crippen LogP contribution in [-0.2, 0) is 9.53 Å². The average molecular weight is 275 g/mol. The van der Waals surface area contributed by atoms with Crippen molar-refractivity contribution in [2.45, 2.75) is 6.92 Å². The van der Waals surface area contributed by atoms with Crippen molar-refractivity contribution in [3.05, 3.63) is 58.2 Å². The molecule has 0 saturated heterocycles. The van der Waals surface area contributed by atoms with Gasteiger partial charge in [-0.2, -0.15) is 0 Å². The zero-order valence-electron chi connectivity index (χ0n) is 10.6. The Morgan fingerprint density at radius 2 is 2.32 bits per heavy atom. The number of aromatic nitrogens is 1. The van der Waals surface area contributed by atoms with Crippen LogP contribution in [0.5, 0.6) is 0 Å². The number of hydrogen-bond acceptors (Lipinski definition) is 5. The van der Waals surface area contributed by atoms with E-state index >= 15 is 0 Å². The number of esters is 1. The van der Waals surface area contributed by atoms with Crippen LogP contribution < -0.4 is 0 Å². The van der Waals surface area contributed by atoms with Crippen molar-refractivity contribution in [2.75, 3.05) is 6.26 Å². The third kappa shape index (κ3) is 3.06. The first-order valence-corrected chi connectivity index (χ1v) is 6.85. The molecule has 0 saturated carbocycles. The Hall–Kier alpha value is -2.01. The minimum absolute atomic E-state index is 0.244. The summed E-state index contributed by atoms with van der Waals surface area (Å²) in [5.74, 6) is -0.745. The van der Waals surface area contributed by atoms with Gasteiger partial charge in [-0.3, -0.25) is 4.98 Å². The van der Waals surface area contributed by atoms with Crippen molar-refractivity contribution in [1.82, 2.24) is 4.98 Å². The largest absolute Gasteiger partial charge is 0.499 e. The fourth-order valence-electron chi connectivity index (χ4n) is 1.56. The number of aliphatic hydroxyl groups excluding tert-OH is 1. The van der Waals surface area contributed by atoms with E-state index in [1.54, 1.807) is 12.3 Å². The number of aryl methyl sites for hydroxylation is 1. The normalized spacial score (nSPS) is 15.7. The number of allylic oxidation sites excluding steroid dienone is 2. The Morgan fingerprint density at radius 3 is 2.89 bits per heavy atom. The molecule has 0 aliphatic carbocycles. The lowest BCUT2D eigenvalue weighted by atomic mass is 10.2. The van der Waals surface area contributed by atoms with E-state index in [-0.39, 0.29) is 11.5 Å². The molecule has 0 bridgehead atoms. The molecular formula is C14H13NO3S. The molecule has 4 nitrogen and oxygen atoms in total. The molecular weight excluding hydrogens is 262 g/mol. The lowest BCUT2D eigenvalue weighted by molar-refractivity contribution is -0.144. The molecule has 5 heteroatoms. The van der Waals surface area contributed by atoms with E-state index in [1.807, 2.05) is 37.5 Å². The Labute approximate surface area is 115 Å². The molecule has 1 aliphatic rings. The van der Waals surface area contributed by atoms with Crippen LogP contribution in [0.4, 0.5) is 0 Å². The van der Waals surface area contributed by atoms with Crippen LogP contribution >= 0.6 is 11.8 Å². The van der Waals surface area contributed by atoms with E-state index < -0.39 is 5.97 Å². The smallest absolute Gasteiger partial charge is 0.383 e. The van der Waals surface area contributed by atoms with E-state index in [2.05, 4.69) is 4.98 Å². The minimum Gasteiger partial charge on any atom is -0.499 e. The maximum atomic E-state index is 10.8. The molecule has 2 rings (SSSR count). The van der Waals surface area contributed by atoms with Crippen molar-refractivity contribution in [3.63, 3.8) is 0 Å². The summed E-state index contributed by atoms with van der Waals surface area (Å²) in [5.41, 5.74) is 1.98. The number of aliphatic hydroxyl groups is 1. The molecule has 0 amide bonds. The molecule has 98 valence electrons. The van der Waals surface area contributed by atoms with Crippen molar-refractivity contribution >= 4 is 23.8 Å². The minimum atomic E-state index is -0.677. The van der Waals surface area contributed by atoms with Crippen LogP contribution in [-0.4, -0.2) is 22.3 Å². The predicted molar refractivity (Wildman–Crippen MR) is 75.4 cm³/mol. The quantitative estimate of drug-likeness (QED) is 0.676. The summed E-state index contributed by atoms with van der Waals surface area (Å²) >= 11 is 1.40. The summed E-state index contributed by atoms with van der Waals surface area (Å²) in [7, 11) is 0. The molecule has 1 aromatic rings. The zero-order chi connectivity index (χ0) is 13.8. The first-order valence-electron chi connectivity index (χ1n) is 5.62. The monoisotopic (exact) mass is 275 g/mol. The molecule has 0 unspecified atom stereocenters. The summed E-state index contributed by atoms with van der Waals surface area (Å²) in [6, 6.07) is 3.86. The van der Waals surface area contributed by atoms with E-state index in [0.29, 0.717) is 4.91 Å². The van der Waals surface area contributed by atoms with E-state index in [9.17, 15) is 9.90 Å². The maximum absolute atomic E-state index is 10.8. The number of nitrogens with zero attached hydrogens (tertiary/aromatic N) is 1. The van der Waals surface area contributed by atoms with Gasteiger partial charge in [0.25, 0.3) is 0 Å². The van der Waals surface area contributed by atoms with Gasteiger partial charge < -0.3 is 9.84 Å². The number of thioether (sulfide) groups is 1. The topological polar surface area (TPSA) is 59.4 Å². The maximum Gasteiger partial charge on any atom is 0.383 e. The number of carbonyl (C=O) groups is 1. The van der Waals surface area contributed by atoms with E-state index in [4.69, 9.17) is 4.74 Å². The average Bonchev–Trinajstić information content (AvgIpc) is 2.41. The summed E-state index contributed by atoms with van der Waals surface area (Å²) < 4.78 is 4.78. The number of pyridine rings is 1. The molecule has 0 aromatic carbocycles. The lowest BCUT2D eigenvalue weighted by Crippen LogP contribution is -2.21. The van der Waals surface area contributed by atoms with Crippen molar-refractivity contribution in [1.29, 1.82) is 0 Å². The van der Waals surface area contributed by atoms with Gasteiger partial charge in [0.15, 0.2) is 5.76 Å². The van der Waals surface area contributed by atoms with Crippen molar-refractivity contribution < 1.29 is 14.6 Å². The van der Waals surface area contributed by atoms with E-state index in [0.717, 1.165) is 11.3 Å². The fraction of sp³-hybridized carbons (Fsp3) is 0.143. The molecule has 1 aliphatic heterocycles. The van der Waals surface area contributed by atoms with Gasteiger partial charge >= 0.3 is 5.97 Å². The van der Waals surface area contributed by atoms with Crippen LogP contribution in [0, 0.1) is 6.92 Å². The van der Waals surface area contributed by atoms with E-state index in [1.165, 1.54) is 11.8 Å². The van der Waals surface area contributed by atoms with Crippen LogP contribution in [0.3, 0.4) is 0 Å². The highest BCUT2D eigenvalue weighted by Crippen LogP contribution is 2.31. The molecule has 1 N–H and O–H groups in total. The lowest BCUT2D eigenvalue weighted by Gasteiger charge is -2.18. The summed E-state index contributed by atoms with van der Waals surface area (Å²) in [6.45, 7) is 1.93. The first kappa shape index (κ1) is 13.4. The summed E-state index contributed by atoms with van der Waals surface area (Å²) in [6.07, 6.45) is 9.15. The molecule has 1 aromatic heterocycles. The molecule has 0 atom stereocenters. The summed E-state index contributed by atoms with van der Waals surface area (Å²) in [5, 5.41) is 9.35. The molecule has 0 radical (unpaired) electrons. The van der Waals surface area contributed by atoms with Gasteiger partial charge in [0.1, 0.15) is 0 Å². The Kier molecular flexibility index (Phi) is 4.06. The van der Waals surface area contributed by atoms with Crippen LogP contribution in [0.2, 0.25) is 0 Å². The van der Waals surface area contributed by atoms with Gasteiger partial charge in [-0.1, -0.05) is 12.2 Å². The van der Waals surface area contributed by atoms with Gasteiger partial charge in [-0.25, -0.2) is 4.79 Å². The second-order valence-electron chi connectivity index (χ2n) is 3.89. The Morgan fingerprint density at radius 1 is 1.53 bits per heavy atom. The molecule has 0 spiro atoms. The van der Waals surface area contributed by atoms with Gasteiger partial charge in [0, 0.05) is 11.9 Å². The third-order valence-electron chi connectivity index (χ3n) is 2.50. The van der Waals surface area contributed by atoms with Crippen molar-refractivity contribution in [3.8, 4) is 0 Å². The van der Waals surface area contributed by atoms with Crippen molar-refractivity contribution in [2.24, 2.45) is 0 Å².